The highest BCUT2D eigenvalue weighted by molar-refractivity contribution is 5.83. The van der Waals surface area contributed by atoms with E-state index in [1.807, 2.05) is 13.0 Å². The van der Waals surface area contributed by atoms with Crippen molar-refractivity contribution in [1.29, 1.82) is 0 Å². The van der Waals surface area contributed by atoms with Crippen molar-refractivity contribution in [3.8, 4) is 0 Å². The van der Waals surface area contributed by atoms with E-state index >= 15 is 0 Å². The monoisotopic (exact) mass is 302 g/mol. The molecule has 0 bridgehead atoms. The minimum absolute atomic E-state index is 0.0585. The number of amides is 1. The van der Waals surface area contributed by atoms with Gasteiger partial charge >= 0.3 is 5.97 Å². The van der Waals surface area contributed by atoms with Gasteiger partial charge in [0.2, 0.25) is 5.91 Å². The van der Waals surface area contributed by atoms with Gasteiger partial charge in [-0.25, -0.2) is 0 Å². The average Bonchev–Trinajstić information content (AvgIpc) is 3.03. The summed E-state index contributed by atoms with van der Waals surface area (Å²) in [5.74, 6) is -1.14. The molecule has 0 unspecified atom stereocenters. The van der Waals surface area contributed by atoms with E-state index in [9.17, 15) is 9.59 Å². The van der Waals surface area contributed by atoms with E-state index in [-0.39, 0.29) is 11.9 Å². The van der Waals surface area contributed by atoms with Gasteiger partial charge in [0.15, 0.2) is 0 Å². The third-order valence-corrected chi connectivity index (χ3v) is 4.91. The van der Waals surface area contributed by atoms with Crippen LogP contribution in [0, 0.1) is 5.92 Å². The zero-order valence-corrected chi connectivity index (χ0v) is 12.9. The van der Waals surface area contributed by atoms with Gasteiger partial charge in [0, 0.05) is 26.2 Å². The summed E-state index contributed by atoms with van der Waals surface area (Å²) in [4.78, 5) is 27.6. The quantitative estimate of drug-likeness (QED) is 0.916. The molecular weight excluding hydrogens is 280 g/mol. The van der Waals surface area contributed by atoms with E-state index in [1.165, 1.54) is 11.1 Å². The molecule has 1 aromatic carbocycles. The van der Waals surface area contributed by atoms with Crippen LogP contribution in [0.15, 0.2) is 24.3 Å². The summed E-state index contributed by atoms with van der Waals surface area (Å²) >= 11 is 0. The second-order valence-electron chi connectivity index (χ2n) is 6.27. The van der Waals surface area contributed by atoms with Crippen LogP contribution in [0.2, 0.25) is 0 Å². The standard InChI is InChI=1S/C17H22N2O3/c1-12(16(20)19-9-7-15(11-19)17(21)22)18-8-6-13-4-2-3-5-14(13)10-18/h2-5,12,15H,6-11H2,1H3,(H,21,22)/t12-,15-/m1/s1. The largest absolute Gasteiger partial charge is 0.481 e. The van der Waals surface area contributed by atoms with Crippen LogP contribution in [0.3, 0.4) is 0 Å². The first-order chi connectivity index (χ1) is 10.6. The Morgan fingerprint density at radius 2 is 1.95 bits per heavy atom. The highest BCUT2D eigenvalue weighted by Gasteiger charge is 2.35. The maximum Gasteiger partial charge on any atom is 0.308 e. The number of benzene rings is 1. The summed E-state index contributed by atoms with van der Waals surface area (Å²) < 4.78 is 0. The molecule has 22 heavy (non-hydrogen) atoms. The van der Waals surface area contributed by atoms with E-state index in [2.05, 4.69) is 23.1 Å². The summed E-state index contributed by atoms with van der Waals surface area (Å²) in [7, 11) is 0. The minimum atomic E-state index is -0.796. The van der Waals surface area contributed by atoms with Gasteiger partial charge in [0.25, 0.3) is 0 Å². The van der Waals surface area contributed by atoms with Gasteiger partial charge in [-0.3, -0.25) is 14.5 Å². The van der Waals surface area contributed by atoms with Crippen LogP contribution in [-0.2, 0) is 22.6 Å². The Hall–Kier alpha value is -1.88. The number of hydrogen-bond donors (Lipinski definition) is 1. The molecular formula is C17H22N2O3. The van der Waals surface area contributed by atoms with Gasteiger partial charge < -0.3 is 10.0 Å². The Bertz CT molecular complexity index is 587. The van der Waals surface area contributed by atoms with Crippen LogP contribution >= 0.6 is 0 Å². The summed E-state index contributed by atoms with van der Waals surface area (Å²) in [6, 6.07) is 8.17. The highest BCUT2D eigenvalue weighted by Crippen LogP contribution is 2.23. The molecule has 1 amide bonds. The number of aliphatic carboxylic acids is 1. The molecule has 0 aromatic heterocycles. The van der Waals surface area contributed by atoms with Crippen LogP contribution in [0.1, 0.15) is 24.5 Å². The molecule has 2 aliphatic rings. The van der Waals surface area contributed by atoms with E-state index in [1.54, 1.807) is 4.90 Å². The van der Waals surface area contributed by atoms with Crippen molar-refractivity contribution in [3.63, 3.8) is 0 Å². The van der Waals surface area contributed by atoms with Crippen molar-refractivity contribution in [2.75, 3.05) is 19.6 Å². The molecule has 5 nitrogen and oxygen atoms in total. The van der Waals surface area contributed by atoms with Gasteiger partial charge in [-0.05, 0) is 30.9 Å². The first kappa shape index (κ1) is 15.0. The van der Waals surface area contributed by atoms with Gasteiger partial charge in [0.1, 0.15) is 0 Å². The van der Waals surface area contributed by atoms with Gasteiger partial charge in [-0.2, -0.15) is 0 Å². The number of rotatable bonds is 3. The molecule has 5 heteroatoms. The molecule has 0 radical (unpaired) electrons. The fourth-order valence-electron chi connectivity index (χ4n) is 3.43. The molecule has 1 N–H and O–H groups in total. The summed E-state index contributed by atoms with van der Waals surface area (Å²) in [6.07, 6.45) is 1.53. The molecule has 3 rings (SSSR count). The Kier molecular flexibility index (Phi) is 4.16. The Morgan fingerprint density at radius 3 is 2.64 bits per heavy atom. The molecule has 1 fully saturated rings. The summed E-state index contributed by atoms with van der Waals surface area (Å²) in [5.41, 5.74) is 2.66. The molecule has 0 saturated carbocycles. The number of fused-ring (bicyclic) bond motifs is 1. The van der Waals surface area contributed by atoms with E-state index in [4.69, 9.17) is 5.11 Å². The number of likely N-dealkylation sites (tertiary alicyclic amines) is 1. The van der Waals surface area contributed by atoms with Crippen molar-refractivity contribution >= 4 is 11.9 Å². The topological polar surface area (TPSA) is 60.9 Å². The minimum Gasteiger partial charge on any atom is -0.481 e. The number of nitrogens with zero attached hydrogens (tertiary/aromatic N) is 2. The van der Waals surface area contributed by atoms with E-state index in [0.29, 0.717) is 19.5 Å². The van der Waals surface area contributed by atoms with Gasteiger partial charge in [0.05, 0.1) is 12.0 Å². The summed E-state index contributed by atoms with van der Waals surface area (Å²) in [6.45, 7) is 4.51. The zero-order valence-electron chi connectivity index (χ0n) is 12.9. The maximum absolute atomic E-state index is 12.6. The van der Waals surface area contributed by atoms with Crippen LogP contribution in [0.4, 0.5) is 0 Å². The Labute approximate surface area is 130 Å². The van der Waals surface area contributed by atoms with Crippen molar-refractivity contribution < 1.29 is 14.7 Å². The molecule has 1 aromatic rings. The van der Waals surface area contributed by atoms with Crippen molar-refractivity contribution in [2.45, 2.75) is 32.4 Å². The van der Waals surface area contributed by atoms with Gasteiger partial charge in [-0.1, -0.05) is 24.3 Å². The zero-order chi connectivity index (χ0) is 15.7. The number of carboxylic acid groups (broad SMARTS) is 1. The van der Waals surface area contributed by atoms with Crippen LogP contribution in [0.25, 0.3) is 0 Å². The van der Waals surface area contributed by atoms with Gasteiger partial charge in [-0.15, -0.1) is 0 Å². The SMILES string of the molecule is C[C@H](C(=O)N1CC[C@@H](C(=O)O)C1)N1CCc2ccccc2C1. The predicted molar refractivity (Wildman–Crippen MR) is 82.3 cm³/mol. The number of hydrogen-bond acceptors (Lipinski definition) is 3. The lowest BCUT2D eigenvalue weighted by atomic mass is 9.98. The van der Waals surface area contributed by atoms with Crippen molar-refractivity contribution in [3.05, 3.63) is 35.4 Å². The molecule has 2 heterocycles. The molecule has 2 aliphatic heterocycles. The Balaban J connectivity index is 1.64. The lowest BCUT2D eigenvalue weighted by Gasteiger charge is -2.34. The van der Waals surface area contributed by atoms with E-state index < -0.39 is 11.9 Å². The Morgan fingerprint density at radius 1 is 1.23 bits per heavy atom. The normalized spacial score (nSPS) is 23.1. The first-order valence-electron chi connectivity index (χ1n) is 7.88. The smallest absolute Gasteiger partial charge is 0.308 e. The molecule has 1 saturated heterocycles. The fraction of sp³-hybridized carbons (Fsp3) is 0.529. The van der Waals surface area contributed by atoms with Crippen LogP contribution in [0.5, 0.6) is 0 Å². The predicted octanol–water partition coefficient (Wildman–Crippen LogP) is 1.37. The molecule has 2 atom stereocenters. The number of carbonyl (C=O) groups excluding carboxylic acids is 1. The second kappa shape index (κ2) is 6.08. The third-order valence-electron chi connectivity index (χ3n) is 4.91. The fourth-order valence-corrected chi connectivity index (χ4v) is 3.43. The highest BCUT2D eigenvalue weighted by atomic mass is 16.4. The van der Waals surface area contributed by atoms with Crippen LogP contribution < -0.4 is 0 Å². The summed E-state index contributed by atoms with van der Waals surface area (Å²) in [5, 5.41) is 9.06. The molecule has 118 valence electrons. The maximum atomic E-state index is 12.6. The first-order valence-corrected chi connectivity index (χ1v) is 7.88. The van der Waals surface area contributed by atoms with Crippen molar-refractivity contribution in [1.82, 2.24) is 9.80 Å². The van der Waals surface area contributed by atoms with Crippen LogP contribution in [-0.4, -0.2) is 52.5 Å². The average molecular weight is 302 g/mol. The van der Waals surface area contributed by atoms with Crippen molar-refractivity contribution in [2.24, 2.45) is 5.92 Å². The third kappa shape index (κ3) is 2.86. The molecule has 0 aliphatic carbocycles. The second-order valence-corrected chi connectivity index (χ2v) is 6.27. The molecule has 0 spiro atoms. The lowest BCUT2D eigenvalue weighted by molar-refractivity contribution is -0.141. The lowest BCUT2D eigenvalue weighted by Crippen LogP contribution is -2.48. The number of carbonyl (C=O) groups is 2. The van der Waals surface area contributed by atoms with E-state index in [0.717, 1.165) is 19.5 Å². The number of carboxylic acids is 1.